The number of hydrogen-bond acceptors (Lipinski definition) is 2. The van der Waals surface area contributed by atoms with Crippen LogP contribution in [0.5, 0.6) is 0 Å². The summed E-state index contributed by atoms with van der Waals surface area (Å²) in [5.74, 6) is 12.1. The van der Waals surface area contributed by atoms with Crippen molar-refractivity contribution in [1.82, 2.24) is 10.6 Å². The fourth-order valence-electron chi connectivity index (χ4n) is 3.72. The molecule has 0 bridgehead atoms. The molecule has 0 aliphatic heterocycles. The molecule has 0 unspecified atom stereocenters. The Morgan fingerprint density at radius 3 is 1.36 bits per heavy atom. The van der Waals surface area contributed by atoms with Gasteiger partial charge in [-0.05, 0) is 76.3 Å². The van der Waals surface area contributed by atoms with Gasteiger partial charge in [0.15, 0.2) is 0 Å². The van der Waals surface area contributed by atoms with Crippen LogP contribution in [0.3, 0.4) is 0 Å². The van der Waals surface area contributed by atoms with E-state index in [1.807, 2.05) is 13.8 Å². The number of unbranched alkanes of at least 4 members (excludes halogenated alkanes) is 4. The van der Waals surface area contributed by atoms with E-state index in [4.69, 9.17) is 0 Å². The van der Waals surface area contributed by atoms with E-state index in [2.05, 4.69) is 96.7 Å². The first-order valence-corrected chi connectivity index (χ1v) is 13.0. The van der Waals surface area contributed by atoms with E-state index in [0.717, 1.165) is 49.7 Å². The second kappa shape index (κ2) is 16.2. The first-order chi connectivity index (χ1) is 17.3. The largest absolute Gasteiger partial charge is 0.350 e. The summed E-state index contributed by atoms with van der Waals surface area (Å²) < 4.78 is 0. The van der Waals surface area contributed by atoms with Crippen LogP contribution in [-0.2, 0) is 9.59 Å². The summed E-state index contributed by atoms with van der Waals surface area (Å²) in [4.78, 5) is 24.3. The second-order valence-electron chi connectivity index (χ2n) is 9.42. The highest BCUT2D eigenvalue weighted by Crippen LogP contribution is 2.14. The summed E-state index contributed by atoms with van der Waals surface area (Å²) in [7, 11) is 0. The molecular formula is C32H40N2O2. The third-order valence-electron chi connectivity index (χ3n) is 6.06. The molecule has 4 nitrogen and oxygen atoms in total. The van der Waals surface area contributed by atoms with Gasteiger partial charge in [0.2, 0.25) is 11.8 Å². The van der Waals surface area contributed by atoms with Gasteiger partial charge in [0, 0.05) is 25.7 Å². The van der Waals surface area contributed by atoms with Crippen LogP contribution < -0.4 is 10.6 Å². The molecule has 2 aromatic carbocycles. The molecule has 0 fully saturated rings. The molecule has 0 aromatic heterocycles. The molecule has 0 aliphatic rings. The Morgan fingerprint density at radius 2 is 1.00 bits per heavy atom. The lowest BCUT2D eigenvalue weighted by molar-refractivity contribution is -0.122. The lowest BCUT2D eigenvalue weighted by atomic mass is 10.1. The zero-order valence-electron chi connectivity index (χ0n) is 22.2. The van der Waals surface area contributed by atoms with Gasteiger partial charge in [-0.25, -0.2) is 0 Å². The Morgan fingerprint density at radius 1 is 0.639 bits per heavy atom. The van der Waals surface area contributed by atoms with Crippen molar-refractivity contribution in [2.24, 2.45) is 0 Å². The maximum absolute atomic E-state index is 12.1. The van der Waals surface area contributed by atoms with Crippen molar-refractivity contribution in [2.45, 2.75) is 91.1 Å². The molecule has 0 saturated carbocycles. The van der Waals surface area contributed by atoms with E-state index < -0.39 is 0 Å². The summed E-state index contributed by atoms with van der Waals surface area (Å²) >= 11 is 0. The molecule has 190 valence electrons. The predicted octanol–water partition coefficient (Wildman–Crippen LogP) is 6.49. The van der Waals surface area contributed by atoms with Gasteiger partial charge in [0.25, 0.3) is 0 Å². The van der Waals surface area contributed by atoms with Crippen LogP contribution in [0.4, 0.5) is 0 Å². The number of hydrogen-bond donors (Lipinski definition) is 2. The molecule has 0 saturated heterocycles. The van der Waals surface area contributed by atoms with Crippen molar-refractivity contribution in [3.63, 3.8) is 0 Å². The molecule has 2 aromatic rings. The predicted molar refractivity (Wildman–Crippen MR) is 148 cm³/mol. The summed E-state index contributed by atoms with van der Waals surface area (Å²) in [6, 6.07) is 16.5. The van der Waals surface area contributed by atoms with Crippen molar-refractivity contribution in [1.29, 1.82) is 0 Å². The minimum Gasteiger partial charge on any atom is -0.350 e. The van der Waals surface area contributed by atoms with Gasteiger partial charge in [-0.3, -0.25) is 9.59 Å². The minimum atomic E-state index is 0.0183. The molecule has 0 aliphatic carbocycles. The normalized spacial score (nSPS) is 11.8. The SMILES string of the molecule is Cc1ccc([C@@H](C)NC(=O)CCCCC#CC#CCCCCC(=O)N[C@H](C)c2ccc(C)cc2)cc1. The fraction of sp³-hybridized carbons (Fsp3) is 0.438. The number of carbonyl (C=O) groups excluding carboxylic acids is 2. The van der Waals surface area contributed by atoms with Crippen LogP contribution in [-0.4, -0.2) is 11.8 Å². The summed E-state index contributed by atoms with van der Waals surface area (Å²) in [5, 5.41) is 6.11. The van der Waals surface area contributed by atoms with Crippen LogP contribution in [0.15, 0.2) is 48.5 Å². The highest BCUT2D eigenvalue weighted by atomic mass is 16.2. The highest BCUT2D eigenvalue weighted by Gasteiger charge is 2.09. The van der Waals surface area contributed by atoms with Crippen molar-refractivity contribution in [2.75, 3.05) is 0 Å². The maximum Gasteiger partial charge on any atom is 0.220 e. The first kappa shape index (κ1) is 28.7. The summed E-state index contributed by atoms with van der Waals surface area (Å²) in [6.07, 6.45) is 5.93. The molecule has 0 radical (unpaired) electrons. The Kier molecular flexibility index (Phi) is 12.9. The van der Waals surface area contributed by atoms with Crippen molar-refractivity contribution in [3.8, 4) is 23.7 Å². The number of nitrogens with one attached hydrogen (secondary N) is 2. The smallest absolute Gasteiger partial charge is 0.220 e. The molecular weight excluding hydrogens is 444 g/mol. The van der Waals surface area contributed by atoms with Gasteiger partial charge in [-0.15, -0.1) is 0 Å². The Bertz CT molecular complexity index is 990. The standard InChI is InChI=1S/C32H40N2O2/c1-25-17-21-29(22-18-25)27(3)33-31(35)15-13-11-9-7-5-6-8-10-12-14-16-32(36)34-28(4)30-23-19-26(2)20-24-30/h17-24,27-28H,9-16H2,1-4H3,(H,33,35)(H,34,36)/t27-,28-/m1/s1. The number of benzene rings is 2. The van der Waals surface area contributed by atoms with E-state index >= 15 is 0 Å². The molecule has 0 heterocycles. The number of carbonyl (C=O) groups is 2. The van der Waals surface area contributed by atoms with Gasteiger partial charge in [-0.2, -0.15) is 0 Å². The van der Waals surface area contributed by atoms with Crippen LogP contribution in [0.1, 0.15) is 99.6 Å². The number of amides is 2. The molecule has 4 heteroatoms. The van der Waals surface area contributed by atoms with Crippen LogP contribution in [0.25, 0.3) is 0 Å². The quantitative estimate of drug-likeness (QED) is 0.267. The zero-order valence-corrected chi connectivity index (χ0v) is 22.2. The van der Waals surface area contributed by atoms with Crippen LogP contribution in [0.2, 0.25) is 0 Å². The van der Waals surface area contributed by atoms with Gasteiger partial charge >= 0.3 is 0 Å². The Hall–Kier alpha value is -3.50. The lowest BCUT2D eigenvalue weighted by Gasteiger charge is -2.14. The van der Waals surface area contributed by atoms with Crippen molar-refractivity contribution in [3.05, 3.63) is 70.8 Å². The molecule has 2 atom stereocenters. The van der Waals surface area contributed by atoms with E-state index in [0.29, 0.717) is 12.8 Å². The molecule has 36 heavy (non-hydrogen) atoms. The lowest BCUT2D eigenvalue weighted by Crippen LogP contribution is -2.26. The third kappa shape index (κ3) is 11.8. The number of rotatable bonds is 12. The molecule has 2 rings (SSSR count). The zero-order chi connectivity index (χ0) is 26.2. The maximum atomic E-state index is 12.1. The van der Waals surface area contributed by atoms with E-state index in [1.54, 1.807) is 0 Å². The van der Waals surface area contributed by atoms with E-state index in [1.165, 1.54) is 11.1 Å². The fourth-order valence-corrected chi connectivity index (χ4v) is 3.72. The van der Waals surface area contributed by atoms with Crippen molar-refractivity contribution < 1.29 is 9.59 Å². The van der Waals surface area contributed by atoms with E-state index in [-0.39, 0.29) is 23.9 Å². The Balaban J connectivity index is 1.49. The van der Waals surface area contributed by atoms with Gasteiger partial charge < -0.3 is 10.6 Å². The van der Waals surface area contributed by atoms with Gasteiger partial charge in [-0.1, -0.05) is 71.5 Å². The topological polar surface area (TPSA) is 58.2 Å². The molecule has 2 amide bonds. The van der Waals surface area contributed by atoms with E-state index in [9.17, 15) is 9.59 Å². The van der Waals surface area contributed by atoms with Crippen LogP contribution in [0, 0.1) is 37.5 Å². The molecule has 0 spiro atoms. The second-order valence-corrected chi connectivity index (χ2v) is 9.42. The average Bonchev–Trinajstić information content (AvgIpc) is 2.85. The van der Waals surface area contributed by atoms with Crippen LogP contribution >= 0.6 is 0 Å². The molecule has 2 N–H and O–H groups in total. The first-order valence-electron chi connectivity index (χ1n) is 13.0. The average molecular weight is 485 g/mol. The third-order valence-corrected chi connectivity index (χ3v) is 6.06. The highest BCUT2D eigenvalue weighted by molar-refractivity contribution is 5.76. The van der Waals surface area contributed by atoms with Gasteiger partial charge in [0.05, 0.1) is 12.1 Å². The summed E-state index contributed by atoms with van der Waals surface area (Å²) in [6.45, 7) is 8.13. The number of aryl methyl sites for hydroxylation is 2. The summed E-state index contributed by atoms with van der Waals surface area (Å²) in [5.41, 5.74) is 4.67. The Labute approximate surface area is 217 Å². The van der Waals surface area contributed by atoms with Crippen molar-refractivity contribution >= 4 is 11.8 Å². The monoisotopic (exact) mass is 484 g/mol. The minimum absolute atomic E-state index is 0.0183. The van der Waals surface area contributed by atoms with Gasteiger partial charge in [0.1, 0.15) is 0 Å².